The van der Waals surface area contributed by atoms with Crippen molar-refractivity contribution >= 4 is 11.9 Å². The summed E-state index contributed by atoms with van der Waals surface area (Å²) in [6.07, 6.45) is 1.50. The second-order valence-corrected chi connectivity index (χ2v) is 5.11. The number of hydrogen-bond donors (Lipinski definition) is 0. The first-order valence-electron chi connectivity index (χ1n) is 7.62. The maximum Gasteiger partial charge on any atom is 0.269 e. The minimum absolute atomic E-state index is 0.0134. The van der Waals surface area contributed by atoms with Crippen LogP contribution in [0.5, 0.6) is 17.2 Å². The summed E-state index contributed by atoms with van der Waals surface area (Å²) in [5, 5.41) is 14.7. The monoisotopic (exact) mass is 344 g/mol. The van der Waals surface area contributed by atoms with E-state index in [0.717, 1.165) is 0 Å². The van der Waals surface area contributed by atoms with Gasteiger partial charge in [-0.05, 0) is 18.6 Å². The number of nitro groups is 1. The van der Waals surface area contributed by atoms with Gasteiger partial charge in [0.25, 0.3) is 5.69 Å². The summed E-state index contributed by atoms with van der Waals surface area (Å²) in [6, 6.07) is 9.71. The number of nitrogens with zero attached hydrogens (tertiary/aromatic N) is 2. The van der Waals surface area contributed by atoms with E-state index in [1.54, 1.807) is 24.3 Å². The van der Waals surface area contributed by atoms with Crippen molar-refractivity contribution in [1.82, 2.24) is 0 Å². The molecule has 0 atom stereocenters. The first-order valence-corrected chi connectivity index (χ1v) is 7.62. The lowest BCUT2D eigenvalue weighted by Gasteiger charge is -2.08. The molecule has 0 aliphatic carbocycles. The molecular formula is C17H16N2O6. The van der Waals surface area contributed by atoms with Crippen LogP contribution in [0.25, 0.3) is 0 Å². The fourth-order valence-electron chi connectivity index (χ4n) is 2.29. The van der Waals surface area contributed by atoms with Crippen LogP contribution >= 0.6 is 0 Å². The van der Waals surface area contributed by atoms with E-state index in [2.05, 4.69) is 5.16 Å². The summed E-state index contributed by atoms with van der Waals surface area (Å²) in [6.45, 7) is 2.66. The van der Waals surface area contributed by atoms with E-state index >= 15 is 0 Å². The van der Waals surface area contributed by atoms with Crippen molar-refractivity contribution in [2.45, 2.75) is 13.5 Å². The van der Waals surface area contributed by atoms with Crippen LogP contribution in [0.1, 0.15) is 18.1 Å². The Kier molecular flexibility index (Phi) is 4.98. The molecule has 8 nitrogen and oxygen atoms in total. The van der Waals surface area contributed by atoms with Gasteiger partial charge in [-0.15, -0.1) is 0 Å². The fourth-order valence-corrected chi connectivity index (χ4v) is 2.29. The van der Waals surface area contributed by atoms with Crippen LogP contribution in [0.2, 0.25) is 0 Å². The van der Waals surface area contributed by atoms with Crippen molar-refractivity contribution in [3.8, 4) is 17.2 Å². The SMILES string of the molecule is CCOc1cc2c(cc1/C=N\OCc1cccc([N+](=O)[O-])c1)OCO2. The fraction of sp³-hybridized carbons (Fsp3) is 0.235. The van der Waals surface area contributed by atoms with Crippen molar-refractivity contribution in [2.24, 2.45) is 5.16 Å². The molecule has 130 valence electrons. The van der Waals surface area contributed by atoms with Crippen LogP contribution in [-0.4, -0.2) is 24.5 Å². The molecule has 8 heteroatoms. The average molecular weight is 344 g/mol. The first kappa shape index (κ1) is 16.6. The minimum Gasteiger partial charge on any atom is -0.493 e. The zero-order chi connectivity index (χ0) is 17.6. The van der Waals surface area contributed by atoms with E-state index in [4.69, 9.17) is 19.0 Å². The molecule has 0 spiro atoms. The molecule has 0 unspecified atom stereocenters. The molecule has 0 fully saturated rings. The van der Waals surface area contributed by atoms with Crippen molar-refractivity contribution in [3.63, 3.8) is 0 Å². The predicted molar refractivity (Wildman–Crippen MR) is 89.2 cm³/mol. The van der Waals surface area contributed by atoms with Gasteiger partial charge in [0, 0.05) is 23.8 Å². The Hall–Kier alpha value is -3.29. The molecule has 3 rings (SSSR count). The molecule has 2 aromatic carbocycles. The number of ether oxygens (including phenoxy) is 3. The minimum atomic E-state index is -0.451. The molecule has 0 amide bonds. The Labute approximate surface area is 143 Å². The number of benzene rings is 2. The van der Waals surface area contributed by atoms with Crippen molar-refractivity contribution < 1.29 is 24.0 Å². The maximum absolute atomic E-state index is 10.8. The molecule has 0 saturated heterocycles. The number of nitro benzene ring substituents is 1. The zero-order valence-electron chi connectivity index (χ0n) is 13.5. The summed E-state index contributed by atoms with van der Waals surface area (Å²) >= 11 is 0. The lowest BCUT2D eigenvalue weighted by Crippen LogP contribution is -1.97. The van der Waals surface area contributed by atoms with Crippen LogP contribution in [0, 0.1) is 10.1 Å². The normalized spacial score (nSPS) is 12.4. The summed E-state index contributed by atoms with van der Waals surface area (Å²) in [4.78, 5) is 15.5. The number of non-ortho nitro benzene ring substituents is 1. The Morgan fingerprint density at radius 3 is 2.84 bits per heavy atom. The van der Waals surface area contributed by atoms with E-state index in [9.17, 15) is 10.1 Å². The van der Waals surface area contributed by atoms with Crippen molar-refractivity contribution in [2.75, 3.05) is 13.4 Å². The molecule has 0 radical (unpaired) electrons. The average Bonchev–Trinajstić information content (AvgIpc) is 3.06. The zero-order valence-corrected chi connectivity index (χ0v) is 13.5. The largest absolute Gasteiger partial charge is 0.493 e. The predicted octanol–water partition coefficient (Wildman–Crippen LogP) is 3.27. The molecule has 0 saturated carbocycles. The highest BCUT2D eigenvalue weighted by molar-refractivity contribution is 5.85. The number of oxime groups is 1. The molecule has 0 N–H and O–H groups in total. The maximum atomic E-state index is 10.8. The number of rotatable bonds is 7. The highest BCUT2D eigenvalue weighted by Crippen LogP contribution is 2.37. The summed E-state index contributed by atoms with van der Waals surface area (Å²) in [5.74, 6) is 1.84. The van der Waals surface area contributed by atoms with Gasteiger partial charge in [0.15, 0.2) is 11.5 Å². The van der Waals surface area contributed by atoms with Gasteiger partial charge >= 0.3 is 0 Å². The van der Waals surface area contributed by atoms with E-state index in [-0.39, 0.29) is 19.1 Å². The summed E-state index contributed by atoms with van der Waals surface area (Å²) in [7, 11) is 0. The van der Waals surface area contributed by atoms with E-state index in [0.29, 0.717) is 35.0 Å². The highest BCUT2D eigenvalue weighted by atomic mass is 16.7. The van der Waals surface area contributed by atoms with Crippen LogP contribution < -0.4 is 14.2 Å². The molecule has 0 aromatic heterocycles. The smallest absolute Gasteiger partial charge is 0.269 e. The quantitative estimate of drug-likeness (QED) is 0.435. The van der Waals surface area contributed by atoms with Gasteiger partial charge in [-0.25, -0.2) is 0 Å². The Balaban J connectivity index is 1.68. The molecule has 0 bridgehead atoms. The number of hydrogen-bond acceptors (Lipinski definition) is 7. The van der Waals surface area contributed by atoms with E-state index in [1.807, 2.05) is 6.92 Å². The van der Waals surface area contributed by atoms with E-state index in [1.165, 1.54) is 18.3 Å². The highest BCUT2D eigenvalue weighted by Gasteiger charge is 2.17. The Bertz CT molecular complexity index is 806. The van der Waals surface area contributed by atoms with Crippen LogP contribution in [-0.2, 0) is 11.4 Å². The van der Waals surface area contributed by atoms with Gasteiger partial charge in [-0.3, -0.25) is 10.1 Å². The van der Waals surface area contributed by atoms with Crippen LogP contribution in [0.3, 0.4) is 0 Å². The van der Waals surface area contributed by atoms with Gasteiger partial charge in [-0.2, -0.15) is 0 Å². The second kappa shape index (κ2) is 7.52. The third-order valence-electron chi connectivity index (χ3n) is 3.42. The lowest BCUT2D eigenvalue weighted by molar-refractivity contribution is -0.384. The standard InChI is InChI=1S/C17H16N2O6/c1-2-22-15-8-17-16(23-11-24-17)7-13(15)9-18-25-10-12-4-3-5-14(6-12)19(20)21/h3-9H,2,10-11H2,1H3/b18-9-. The van der Waals surface area contributed by atoms with Crippen molar-refractivity contribution in [1.29, 1.82) is 0 Å². The summed E-state index contributed by atoms with van der Waals surface area (Å²) < 4.78 is 16.2. The van der Waals surface area contributed by atoms with E-state index < -0.39 is 4.92 Å². The summed E-state index contributed by atoms with van der Waals surface area (Å²) in [5.41, 5.74) is 1.35. The van der Waals surface area contributed by atoms with Gasteiger partial charge in [-0.1, -0.05) is 17.3 Å². The first-order chi connectivity index (χ1) is 12.2. The topological polar surface area (TPSA) is 92.4 Å². The molecule has 1 aliphatic rings. The third kappa shape index (κ3) is 3.97. The lowest BCUT2D eigenvalue weighted by atomic mass is 10.2. The van der Waals surface area contributed by atoms with Gasteiger partial charge < -0.3 is 19.0 Å². The van der Waals surface area contributed by atoms with Gasteiger partial charge in [0.1, 0.15) is 12.4 Å². The van der Waals surface area contributed by atoms with Gasteiger partial charge in [0.2, 0.25) is 6.79 Å². The van der Waals surface area contributed by atoms with Crippen LogP contribution in [0.4, 0.5) is 5.69 Å². The van der Waals surface area contributed by atoms with Crippen molar-refractivity contribution in [3.05, 3.63) is 57.6 Å². The Morgan fingerprint density at radius 2 is 2.08 bits per heavy atom. The molecule has 2 aromatic rings. The molecule has 1 aliphatic heterocycles. The number of fused-ring (bicyclic) bond motifs is 1. The van der Waals surface area contributed by atoms with Gasteiger partial charge in [0.05, 0.1) is 17.7 Å². The Morgan fingerprint density at radius 1 is 1.28 bits per heavy atom. The molecular weight excluding hydrogens is 328 g/mol. The second-order valence-electron chi connectivity index (χ2n) is 5.11. The molecule has 1 heterocycles. The third-order valence-corrected chi connectivity index (χ3v) is 3.42. The van der Waals surface area contributed by atoms with Crippen LogP contribution in [0.15, 0.2) is 41.6 Å². The molecule has 25 heavy (non-hydrogen) atoms.